The molecule has 0 saturated carbocycles. The van der Waals surface area contributed by atoms with Crippen molar-refractivity contribution in [2.75, 3.05) is 0 Å². The van der Waals surface area contributed by atoms with E-state index >= 15 is 0 Å². The van der Waals surface area contributed by atoms with Crippen LogP contribution in [0.25, 0.3) is 10.2 Å². The highest BCUT2D eigenvalue weighted by molar-refractivity contribution is 7.18. The molecule has 0 spiro atoms. The summed E-state index contributed by atoms with van der Waals surface area (Å²) in [5.41, 5.74) is 0.871. The zero-order chi connectivity index (χ0) is 8.72. The lowest BCUT2D eigenvalue weighted by molar-refractivity contribution is 0.638. The highest BCUT2D eigenvalue weighted by Gasteiger charge is 2.05. The van der Waals surface area contributed by atoms with Crippen LogP contribution in [0.4, 0.5) is 4.39 Å². The molecule has 58 valence electrons. The monoisotopic (exact) mass is 177 g/mol. The van der Waals surface area contributed by atoms with Crippen LogP contribution >= 0.6 is 11.3 Å². The van der Waals surface area contributed by atoms with Gasteiger partial charge >= 0.3 is 0 Å². The van der Waals surface area contributed by atoms with Crippen molar-refractivity contribution in [3.63, 3.8) is 0 Å². The molecule has 12 heavy (non-hydrogen) atoms. The van der Waals surface area contributed by atoms with E-state index in [1.165, 1.54) is 17.4 Å². The van der Waals surface area contributed by atoms with Gasteiger partial charge in [-0.1, -0.05) is 5.46 Å². The Labute approximate surface area is 74.7 Å². The number of benzene rings is 1. The van der Waals surface area contributed by atoms with Crippen molar-refractivity contribution in [2.24, 2.45) is 0 Å². The summed E-state index contributed by atoms with van der Waals surface area (Å²) in [6.07, 6.45) is 0. The van der Waals surface area contributed by atoms with Gasteiger partial charge in [0.25, 0.3) is 0 Å². The molecule has 0 aliphatic rings. The van der Waals surface area contributed by atoms with E-state index in [0.717, 1.165) is 9.71 Å². The van der Waals surface area contributed by atoms with Crippen LogP contribution in [0.15, 0.2) is 12.1 Å². The Bertz CT molecular complexity index is 438. The van der Waals surface area contributed by atoms with Crippen molar-refractivity contribution in [3.8, 4) is 0 Å². The number of nitrogens with zero attached hydrogens (tertiary/aromatic N) is 1. The fourth-order valence-electron chi connectivity index (χ4n) is 1.12. The predicted molar refractivity (Wildman–Crippen MR) is 49.7 cm³/mol. The molecule has 0 N–H and O–H groups in total. The summed E-state index contributed by atoms with van der Waals surface area (Å²) in [5, 5.41) is 0.856. The topological polar surface area (TPSA) is 12.9 Å². The number of aromatic nitrogens is 1. The second kappa shape index (κ2) is 2.56. The van der Waals surface area contributed by atoms with Gasteiger partial charge in [-0.15, -0.1) is 11.3 Å². The van der Waals surface area contributed by atoms with E-state index in [9.17, 15) is 4.39 Å². The molecule has 1 heterocycles. The molecule has 0 unspecified atom stereocenters. The molecule has 0 fully saturated rings. The van der Waals surface area contributed by atoms with E-state index in [0.29, 0.717) is 11.0 Å². The predicted octanol–water partition coefficient (Wildman–Crippen LogP) is 1.54. The highest BCUT2D eigenvalue weighted by Crippen LogP contribution is 2.22. The zero-order valence-corrected chi connectivity index (χ0v) is 7.28. The van der Waals surface area contributed by atoms with Gasteiger partial charge in [0.1, 0.15) is 19.2 Å². The minimum atomic E-state index is -0.339. The molecule has 1 aromatic heterocycles. The van der Waals surface area contributed by atoms with E-state index in [1.54, 1.807) is 6.07 Å². The van der Waals surface area contributed by atoms with Crippen molar-refractivity contribution in [2.45, 2.75) is 6.92 Å². The molecular formula is C8H5BFNS. The van der Waals surface area contributed by atoms with Crippen LogP contribution in [0.2, 0.25) is 0 Å². The molecular weight excluding hydrogens is 172 g/mol. The second-order valence-electron chi connectivity index (χ2n) is 2.58. The van der Waals surface area contributed by atoms with Crippen molar-refractivity contribution in [3.05, 3.63) is 23.0 Å². The van der Waals surface area contributed by atoms with Crippen molar-refractivity contribution in [1.82, 2.24) is 4.98 Å². The average Bonchev–Trinajstić information content (AvgIpc) is 2.29. The smallest absolute Gasteiger partial charge is 0.149 e. The third kappa shape index (κ3) is 1.12. The lowest BCUT2D eigenvalue weighted by Crippen LogP contribution is -2.01. The summed E-state index contributed by atoms with van der Waals surface area (Å²) in [7, 11) is 5.47. The van der Waals surface area contributed by atoms with Gasteiger partial charge in [-0.2, -0.15) is 0 Å². The van der Waals surface area contributed by atoms with Gasteiger partial charge in [-0.05, 0) is 19.1 Å². The SMILES string of the molecule is [B]c1cc(F)c2nc(C)sc2c1. The van der Waals surface area contributed by atoms with Crippen LogP contribution in [0, 0.1) is 12.7 Å². The second-order valence-corrected chi connectivity index (χ2v) is 3.82. The van der Waals surface area contributed by atoms with Gasteiger partial charge in [-0.3, -0.25) is 0 Å². The summed E-state index contributed by atoms with van der Waals surface area (Å²) in [4.78, 5) is 4.04. The number of rotatable bonds is 0. The summed E-state index contributed by atoms with van der Waals surface area (Å²) in [5.74, 6) is -0.339. The van der Waals surface area contributed by atoms with Gasteiger partial charge in [0.2, 0.25) is 0 Å². The van der Waals surface area contributed by atoms with Crippen molar-refractivity contribution in [1.29, 1.82) is 0 Å². The highest BCUT2D eigenvalue weighted by atomic mass is 32.1. The van der Waals surface area contributed by atoms with Crippen molar-refractivity contribution >= 4 is 34.9 Å². The van der Waals surface area contributed by atoms with E-state index in [2.05, 4.69) is 4.98 Å². The maximum atomic E-state index is 13.1. The molecule has 0 amide bonds. The molecule has 2 aromatic rings. The normalized spacial score (nSPS) is 10.8. The van der Waals surface area contributed by atoms with Crippen LogP contribution in [0.3, 0.4) is 0 Å². The van der Waals surface area contributed by atoms with Crippen molar-refractivity contribution < 1.29 is 4.39 Å². The van der Waals surface area contributed by atoms with Crippen LogP contribution in [0.1, 0.15) is 5.01 Å². The summed E-state index contributed by atoms with van der Waals surface area (Å²) in [6.45, 7) is 1.85. The standard InChI is InChI=1S/C8H5BFNS/c1-4-11-8-6(10)2-5(9)3-7(8)12-4/h2-3H,1H3. The third-order valence-electron chi connectivity index (χ3n) is 1.58. The Kier molecular flexibility index (Phi) is 1.65. The summed E-state index contributed by atoms with van der Waals surface area (Å²) >= 11 is 1.45. The summed E-state index contributed by atoms with van der Waals surface area (Å²) < 4.78 is 13.9. The first-order valence-electron chi connectivity index (χ1n) is 3.49. The maximum Gasteiger partial charge on any atom is 0.149 e. The lowest BCUT2D eigenvalue weighted by atomic mass is 9.96. The summed E-state index contributed by atoms with van der Waals surface area (Å²) in [6, 6.07) is 3.03. The van der Waals surface area contributed by atoms with Gasteiger partial charge in [0, 0.05) is 0 Å². The molecule has 4 heteroatoms. The molecule has 1 nitrogen and oxygen atoms in total. The van der Waals surface area contributed by atoms with Crippen LogP contribution in [0.5, 0.6) is 0 Å². The first-order chi connectivity index (χ1) is 5.66. The lowest BCUT2D eigenvalue weighted by Gasteiger charge is -1.93. The molecule has 2 radical (unpaired) electrons. The minimum Gasteiger partial charge on any atom is -0.238 e. The van der Waals surface area contributed by atoms with E-state index in [4.69, 9.17) is 7.85 Å². The Morgan fingerprint density at radius 1 is 1.50 bits per heavy atom. The van der Waals surface area contributed by atoms with Gasteiger partial charge in [0.05, 0.1) is 9.71 Å². The molecule has 0 saturated heterocycles. The molecule has 0 atom stereocenters. The molecule has 0 aliphatic heterocycles. The van der Waals surface area contributed by atoms with E-state index in [-0.39, 0.29) is 5.82 Å². The first-order valence-corrected chi connectivity index (χ1v) is 4.30. The van der Waals surface area contributed by atoms with Gasteiger partial charge < -0.3 is 0 Å². The molecule has 1 aromatic carbocycles. The number of fused-ring (bicyclic) bond motifs is 1. The number of hydrogen-bond acceptors (Lipinski definition) is 2. The molecule has 0 aliphatic carbocycles. The number of thiazole rings is 1. The quantitative estimate of drug-likeness (QED) is 0.556. The van der Waals surface area contributed by atoms with Crippen LogP contribution in [-0.2, 0) is 0 Å². The fraction of sp³-hybridized carbons (Fsp3) is 0.125. The minimum absolute atomic E-state index is 0.339. The number of aryl methyl sites for hydroxylation is 1. The van der Waals surface area contributed by atoms with Crippen LogP contribution < -0.4 is 5.46 Å². The molecule has 2 rings (SSSR count). The molecule has 0 bridgehead atoms. The maximum absolute atomic E-state index is 13.1. The van der Waals surface area contributed by atoms with Gasteiger partial charge in [0.15, 0.2) is 0 Å². The average molecular weight is 177 g/mol. The zero-order valence-electron chi connectivity index (χ0n) is 6.47. The first kappa shape index (κ1) is 7.74. The number of hydrogen-bond donors (Lipinski definition) is 0. The Hall–Kier alpha value is -0.895. The Balaban J connectivity index is 2.88. The van der Waals surface area contributed by atoms with Crippen LogP contribution in [-0.4, -0.2) is 12.8 Å². The van der Waals surface area contributed by atoms with E-state index < -0.39 is 0 Å². The van der Waals surface area contributed by atoms with Gasteiger partial charge in [-0.25, -0.2) is 9.37 Å². The Morgan fingerprint density at radius 2 is 2.25 bits per heavy atom. The van der Waals surface area contributed by atoms with E-state index in [1.807, 2.05) is 6.92 Å². The fourth-order valence-corrected chi connectivity index (χ4v) is 2.01. The third-order valence-corrected chi connectivity index (χ3v) is 2.50. The Morgan fingerprint density at radius 3 is 3.00 bits per heavy atom. The number of halogens is 1. The largest absolute Gasteiger partial charge is 0.238 e.